The molecule has 0 atom stereocenters. The molecular weight excluding hydrogens is 298 g/mol. The smallest absolute Gasteiger partial charge is 0.251 e. The van der Waals surface area contributed by atoms with Gasteiger partial charge in [-0.25, -0.2) is 0 Å². The summed E-state index contributed by atoms with van der Waals surface area (Å²) in [7, 11) is 1.85. The van der Waals surface area contributed by atoms with Crippen molar-refractivity contribution in [3.05, 3.63) is 35.4 Å². The van der Waals surface area contributed by atoms with Gasteiger partial charge in [0, 0.05) is 19.2 Å². The van der Waals surface area contributed by atoms with E-state index in [4.69, 9.17) is 4.74 Å². The summed E-state index contributed by atoms with van der Waals surface area (Å²) in [6.07, 6.45) is 7.61. The van der Waals surface area contributed by atoms with Gasteiger partial charge < -0.3 is 10.1 Å². The molecule has 4 bridgehead atoms. The monoisotopic (exact) mass is 327 g/mol. The predicted octanol–water partition coefficient (Wildman–Crippen LogP) is 3.82. The van der Waals surface area contributed by atoms with Crippen molar-refractivity contribution in [1.82, 2.24) is 5.32 Å². The van der Waals surface area contributed by atoms with Crippen LogP contribution in [-0.2, 0) is 11.2 Å². The Labute approximate surface area is 145 Å². The normalized spacial score (nSPS) is 36.8. The lowest BCUT2D eigenvalue weighted by atomic mass is 9.49. The Morgan fingerprint density at radius 2 is 1.67 bits per heavy atom. The first-order valence-electron chi connectivity index (χ1n) is 9.57. The summed E-state index contributed by atoms with van der Waals surface area (Å²) in [5.41, 5.74) is 1.88. The van der Waals surface area contributed by atoms with Gasteiger partial charge in [0.25, 0.3) is 5.91 Å². The molecule has 3 nitrogen and oxygen atoms in total. The van der Waals surface area contributed by atoms with Crippen LogP contribution in [0.25, 0.3) is 0 Å². The first kappa shape index (κ1) is 16.1. The molecule has 5 rings (SSSR count). The highest BCUT2D eigenvalue weighted by Crippen LogP contribution is 2.59. The maximum atomic E-state index is 12.6. The molecule has 1 N–H and O–H groups in total. The maximum absolute atomic E-state index is 12.6. The van der Waals surface area contributed by atoms with Crippen molar-refractivity contribution in [2.45, 2.75) is 51.0 Å². The van der Waals surface area contributed by atoms with Crippen LogP contribution in [0.1, 0.15) is 54.9 Å². The van der Waals surface area contributed by atoms with Crippen molar-refractivity contribution in [3.8, 4) is 0 Å². The second-order valence-corrected chi connectivity index (χ2v) is 8.20. The minimum atomic E-state index is -0.133. The van der Waals surface area contributed by atoms with Crippen molar-refractivity contribution >= 4 is 5.91 Å². The fourth-order valence-corrected chi connectivity index (χ4v) is 5.89. The van der Waals surface area contributed by atoms with Gasteiger partial charge in [0.2, 0.25) is 0 Å². The van der Waals surface area contributed by atoms with Crippen LogP contribution in [0, 0.1) is 23.7 Å². The third-order valence-electron chi connectivity index (χ3n) is 7.05. The minimum absolute atomic E-state index is 0.0304. The van der Waals surface area contributed by atoms with E-state index in [0.717, 1.165) is 23.8 Å². The van der Waals surface area contributed by atoms with Crippen LogP contribution in [-0.4, -0.2) is 25.2 Å². The predicted molar refractivity (Wildman–Crippen MR) is 94.9 cm³/mol. The standard InChI is InChI=1S/C21H29NO2/c1-3-14-4-6-17(7-5-14)20(23)22-13-21(24-2)18-9-15-8-16(11-18)12-19(21)10-15/h4-7,15-16,18-19H,3,8-13H2,1-2H3,(H,22,23). The molecule has 4 aliphatic carbocycles. The number of rotatable bonds is 5. The van der Waals surface area contributed by atoms with Gasteiger partial charge in [0.05, 0.1) is 5.60 Å². The third kappa shape index (κ3) is 2.57. The summed E-state index contributed by atoms with van der Waals surface area (Å²) in [5.74, 6) is 3.10. The number of hydrogen-bond acceptors (Lipinski definition) is 2. The number of hydrogen-bond donors (Lipinski definition) is 1. The summed E-state index contributed by atoms with van der Waals surface area (Å²) < 4.78 is 6.12. The van der Waals surface area contributed by atoms with Gasteiger partial charge in [-0.05, 0) is 79.9 Å². The molecule has 1 aromatic carbocycles. The second-order valence-electron chi connectivity index (χ2n) is 8.20. The van der Waals surface area contributed by atoms with Crippen LogP contribution in [0.3, 0.4) is 0 Å². The summed E-state index contributed by atoms with van der Waals surface area (Å²) >= 11 is 0. The van der Waals surface area contributed by atoms with Crippen LogP contribution in [0.2, 0.25) is 0 Å². The molecule has 0 unspecified atom stereocenters. The Kier molecular flexibility index (Phi) is 4.16. The summed E-state index contributed by atoms with van der Waals surface area (Å²) in [6.45, 7) is 2.79. The van der Waals surface area contributed by atoms with Gasteiger partial charge in [-0.2, -0.15) is 0 Å². The van der Waals surface area contributed by atoms with E-state index >= 15 is 0 Å². The molecule has 0 aromatic heterocycles. The molecule has 4 aliphatic rings. The van der Waals surface area contributed by atoms with Crippen molar-refractivity contribution in [2.75, 3.05) is 13.7 Å². The highest BCUT2D eigenvalue weighted by molar-refractivity contribution is 5.94. The van der Waals surface area contributed by atoms with E-state index in [9.17, 15) is 4.79 Å². The molecule has 0 aliphatic heterocycles. The number of carbonyl (C=O) groups excluding carboxylic acids is 1. The Bertz CT molecular complexity index is 579. The number of ether oxygens (including phenoxy) is 1. The van der Waals surface area contributed by atoms with E-state index in [-0.39, 0.29) is 11.5 Å². The zero-order valence-electron chi connectivity index (χ0n) is 14.9. The Morgan fingerprint density at radius 1 is 1.08 bits per heavy atom. The van der Waals surface area contributed by atoms with Gasteiger partial charge in [-0.1, -0.05) is 19.1 Å². The number of aryl methyl sites for hydroxylation is 1. The average molecular weight is 327 g/mol. The quantitative estimate of drug-likeness (QED) is 0.893. The van der Waals surface area contributed by atoms with Gasteiger partial charge in [-0.15, -0.1) is 0 Å². The number of benzene rings is 1. The van der Waals surface area contributed by atoms with Crippen LogP contribution in [0.15, 0.2) is 24.3 Å². The molecule has 130 valence electrons. The van der Waals surface area contributed by atoms with Gasteiger partial charge >= 0.3 is 0 Å². The largest absolute Gasteiger partial charge is 0.376 e. The lowest BCUT2D eigenvalue weighted by molar-refractivity contribution is -0.186. The highest BCUT2D eigenvalue weighted by atomic mass is 16.5. The molecule has 4 fully saturated rings. The highest BCUT2D eigenvalue weighted by Gasteiger charge is 2.57. The van der Waals surface area contributed by atoms with E-state index in [1.54, 1.807) is 0 Å². The topological polar surface area (TPSA) is 38.3 Å². The molecular formula is C21H29NO2. The van der Waals surface area contributed by atoms with Crippen molar-refractivity contribution in [2.24, 2.45) is 23.7 Å². The Morgan fingerprint density at radius 3 is 2.17 bits per heavy atom. The molecule has 0 spiro atoms. The average Bonchev–Trinajstić information content (AvgIpc) is 2.61. The summed E-state index contributed by atoms with van der Waals surface area (Å²) in [5, 5.41) is 3.19. The first-order valence-corrected chi connectivity index (χ1v) is 9.57. The number of nitrogens with one attached hydrogen (secondary N) is 1. The van der Waals surface area contributed by atoms with Crippen molar-refractivity contribution in [1.29, 1.82) is 0 Å². The third-order valence-corrected chi connectivity index (χ3v) is 7.05. The molecule has 0 saturated heterocycles. The summed E-state index contributed by atoms with van der Waals surface area (Å²) in [4.78, 5) is 12.6. The van der Waals surface area contributed by atoms with Gasteiger partial charge in [-0.3, -0.25) is 4.79 Å². The van der Waals surface area contributed by atoms with Crippen molar-refractivity contribution in [3.63, 3.8) is 0 Å². The van der Waals surface area contributed by atoms with Gasteiger partial charge in [0.1, 0.15) is 0 Å². The van der Waals surface area contributed by atoms with Gasteiger partial charge in [0.15, 0.2) is 0 Å². The van der Waals surface area contributed by atoms with Crippen LogP contribution in [0.5, 0.6) is 0 Å². The molecule has 1 amide bonds. The zero-order valence-corrected chi connectivity index (χ0v) is 14.9. The van der Waals surface area contributed by atoms with E-state index in [1.807, 2.05) is 31.4 Å². The fraction of sp³-hybridized carbons (Fsp3) is 0.667. The molecule has 0 radical (unpaired) electrons. The number of amides is 1. The number of carbonyl (C=O) groups is 1. The lowest BCUT2D eigenvalue weighted by Crippen LogP contribution is -2.63. The van der Waals surface area contributed by atoms with E-state index < -0.39 is 0 Å². The number of methoxy groups -OCH3 is 1. The van der Waals surface area contributed by atoms with Crippen LogP contribution >= 0.6 is 0 Å². The summed E-state index contributed by atoms with van der Waals surface area (Å²) in [6, 6.07) is 7.96. The Hall–Kier alpha value is -1.35. The van der Waals surface area contributed by atoms with E-state index in [1.165, 1.54) is 37.7 Å². The molecule has 24 heavy (non-hydrogen) atoms. The zero-order chi connectivity index (χ0) is 16.7. The van der Waals surface area contributed by atoms with Crippen LogP contribution in [0.4, 0.5) is 0 Å². The van der Waals surface area contributed by atoms with E-state index in [0.29, 0.717) is 18.4 Å². The Balaban J connectivity index is 1.46. The maximum Gasteiger partial charge on any atom is 0.251 e. The molecule has 3 heteroatoms. The lowest BCUT2D eigenvalue weighted by Gasteiger charge is -2.60. The molecule has 0 heterocycles. The second kappa shape index (κ2) is 6.18. The first-order chi connectivity index (χ1) is 11.6. The SMILES string of the molecule is CCc1ccc(C(=O)NCC2(OC)C3CC4CC(C3)CC2C4)cc1. The fourth-order valence-electron chi connectivity index (χ4n) is 5.89. The molecule has 4 saturated carbocycles. The van der Waals surface area contributed by atoms with E-state index in [2.05, 4.69) is 12.2 Å². The minimum Gasteiger partial charge on any atom is -0.376 e. The van der Waals surface area contributed by atoms with Crippen LogP contribution < -0.4 is 5.32 Å². The van der Waals surface area contributed by atoms with Crippen molar-refractivity contribution < 1.29 is 9.53 Å². The molecule has 1 aromatic rings.